The molecule has 122 valence electrons. The fourth-order valence-electron chi connectivity index (χ4n) is 2.18. The molecule has 0 unspecified atom stereocenters. The Balaban J connectivity index is 2.53. The Bertz CT molecular complexity index is 813. The van der Waals surface area contributed by atoms with E-state index in [9.17, 15) is 14.3 Å². The molecule has 0 radical (unpaired) electrons. The average molecular weight is 326 g/mol. The van der Waals surface area contributed by atoms with Gasteiger partial charge in [0.05, 0.1) is 18.7 Å². The van der Waals surface area contributed by atoms with Crippen molar-refractivity contribution >= 4 is 17.6 Å². The van der Waals surface area contributed by atoms with Gasteiger partial charge in [0, 0.05) is 5.56 Å². The molecule has 7 heteroatoms. The van der Waals surface area contributed by atoms with Gasteiger partial charge in [0.2, 0.25) is 0 Å². The number of carbonyl (C=O) groups excluding carboxylic acids is 1. The molecular formula is C17H15FN4O2. The molecule has 0 spiro atoms. The van der Waals surface area contributed by atoms with Crippen LogP contribution < -0.4 is 11.1 Å². The van der Waals surface area contributed by atoms with E-state index in [-0.39, 0.29) is 29.5 Å². The van der Waals surface area contributed by atoms with Gasteiger partial charge in [0.25, 0.3) is 5.91 Å². The highest BCUT2D eigenvalue weighted by atomic mass is 19.1. The number of nitrogens with two attached hydrogens (primary N) is 1. The van der Waals surface area contributed by atoms with Gasteiger partial charge in [-0.2, -0.15) is 0 Å². The molecule has 0 atom stereocenters. The summed E-state index contributed by atoms with van der Waals surface area (Å²) < 4.78 is 12.1. The van der Waals surface area contributed by atoms with E-state index >= 15 is 0 Å². The Morgan fingerprint density at radius 1 is 1.29 bits per heavy atom. The van der Waals surface area contributed by atoms with Crippen LogP contribution in [0.5, 0.6) is 5.75 Å². The highest BCUT2D eigenvalue weighted by Crippen LogP contribution is 2.38. The molecule has 2 rings (SSSR count). The number of benzene rings is 2. The van der Waals surface area contributed by atoms with E-state index in [0.29, 0.717) is 11.1 Å². The molecular weight excluding hydrogens is 311 g/mol. The minimum Gasteiger partial charge on any atom is -0.507 e. The van der Waals surface area contributed by atoms with Crippen molar-refractivity contribution in [3.05, 3.63) is 59.4 Å². The molecule has 0 saturated heterocycles. The van der Waals surface area contributed by atoms with Crippen molar-refractivity contribution < 1.29 is 14.3 Å². The van der Waals surface area contributed by atoms with Crippen LogP contribution in [0.25, 0.3) is 16.0 Å². The summed E-state index contributed by atoms with van der Waals surface area (Å²) in [6.45, 7) is 6.42. The number of rotatable bonds is 4. The molecule has 4 N–H and O–H groups in total. The van der Waals surface area contributed by atoms with Crippen molar-refractivity contribution in [2.75, 3.05) is 13.2 Å². The summed E-state index contributed by atoms with van der Waals surface area (Å²) in [5.41, 5.74) is 6.53. The molecule has 0 aliphatic carbocycles. The van der Waals surface area contributed by atoms with Crippen LogP contribution in [-0.2, 0) is 0 Å². The zero-order chi connectivity index (χ0) is 17.5. The number of alkyl halides is 1. The summed E-state index contributed by atoms with van der Waals surface area (Å²) in [6, 6.07) is 11.5. The number of nitrogens with one attached hydrogen (secondary N) is 1. The smallest absolute Gasteiger partial charge is 0.261 e. The van der Waals surface area contributed by atoms with Gasteiger partial charge in [-0.1, -0.05) is 36.4 Å². The van der Waals surface area contributed by atoms with Crippen molar-refractivity contribution in [1.29, 1.82) is 0 Å². The zero-order valence-corrected chi connectivity index (χ0v) is 12.7. The molecule has 0 aromatic heterocycles. The molecule has 2 aromatic carbocycles. The zero-order valence-electron chi connectivity index (χ0n) is 12.7. The molecule has 0 bridgehead atoms. The molecule has 0 heterocycles. The molecule has 1 amide bonds. The molecule has 24 heavy (non-hydrogen) atoms. The average Bonchev–Trinajstić information content (AvgIpc) is 2.60. The SMILES string of the molecule is [C-]#[N+]c1ccc(O)c(C(=O)NC(N)=NCCF)c1-c1ccccc1. The van der Waals surface area contributed by atoms with Crippen LogP contribution in [0.15, 0.2) is 47.5 Å². The van der Waals surface area contributed by atoms with Crippen LogP contribution in [0.3, 0.4) is 0 Å². The summed E-state index contributed by atoms with van der Waals surface area (Å²) in [7, 11) is 0. The minimum absolute atomic E-state index is 0.0897. The van der Waals surface area contributed by atoms with Gasteiger partial charge in [0.15, 0.2) is 11.6 Å². The number of nitrogens with zero attached hydrogens (tertiary/aromatic N) is 2. The van der Waals surface area contributed by atoms with Crippen molar-refractivity contribution in [2.45, 2.75) is 0 Å². The van der Waals surface area contributed by atoms with Gasteiger partial charge in [-0.25, -0.2) is 9.24 Å². The fraction of sp³-hybridized carbons (Fsp3) is 0.118. The maximum Gasteiger partial charge on any atom is 0.261 e. The third kappa shape index (κ3) is 3.67. The van der Waals surface area contributed by atoms with Crippen LogP contribution >= 0.6 is 0 Å². The summed E-state index contributed by atoms with van der Waals surface area (Å²) in [6.07, 6.45) is 0. The van der Waals surface area contributed by atoms with Gasteiger partial charge in [-0.3, -0.25) is 15.1 Å². The third-order valence-electron chi connectivity index (χ3n) is 3.18. The van der Waals surface area contributed by atoms with Crippen LogP contribution in [0, 0.1) is 6.57 Å². The van der Waals surface area contributed by atoms with E-state index in [1.165, 1.54) is 12.1 Å². The second kappa shape index (κ2) is 7.74. The highest BCUT2D eigenvalue weighted by Gasteiger charge is 2.21. The number of guanidine groups is 1. The maximum atomic E-state index is 12.5. The van der Waals surface area contributed by atoms with Crippen LogP contribution in [-0.4, -0.2) is 30.2 Å². The second-order valence-corrected chi connectivity index (χ2v) is 4.74. The Morgan fingerprint density at radius 2 is 2.00 bits per heavy atom. The predicted octanol–water partition coefficient (Wildman–Crippen LogP) is 2.62. The Morgan fingerprint density at radius 3 is 2.62 bits per heavy atom. The standard InChI is InChI=1S/C17H15FN4O2/c1-20-12-7-8-13(23)15(14(12)11-5-3-2-4-6-11)16(24)22-17(19)21-10-9-18/h2-8,23H,9-10H2,(H3,19,21,22,24). The first-order valence-electron chi connectivity index (χ1n) is 7.04. The fourth-order valence-corrected chi connectivity index (χ4v) is 2.18. The first-order valence-corrected chi connectivity index (χ1v) is 7.04. The van der Waals surface area contributed by atoms with Crippen molar-refractivity contribution in [2.24, 2.45) is 10.7 Å². The lowest BCUT2D eigenvalue weighted by Gasteiger charge is -2.13. The first-order chi connectivity index (χ1) is 11.6. The summed E-state index contributed by atoms with van der Waals surface area (Å²) in [4.78, 5) is 19.5. The van der Waals surface area contributed by atoms with Crippen molar-refractivity contribution in [1.82, 2.24) is 5.32 Å². The van der Waals surface area contributed by atoms with Crippen LogP contribution in [0.2, 0.25) is 0 Å². The molecule has 6 nitrogen and oxygen atoms in total. The number of carbonyl (C=O) groups is 1. The molecule has 0 fully saturated rings. The van der Waals surface area contributed by atoms with Crippen molar-refractivity contribution in [3.8, 4) is 16.9 Å². The number of phenols is 1. The van der Waals surface area contributed by atoms with E-state index in [4.69, 9.17) is 12.3 Å². The van der Waals surface area contributed by atoms with E-state index in [1.807, 2.05) is 0 Å². The number of phenolic OH excluding ortho intramolecular Hbond substituents is 1. The minimum atomic E-state index is -0.725. The van der Waals surface area contributed by atoms with Crippen LogP contribution in [0.1, 0.15) is 10.4 Å². The lowest BCUT2D eigenvalue weighted by molar-refractivity contribution is 0.0974. The predicted molar refractivity (Wildman–Crippen MR) is 89.7 cm³/mol. The first kappa shape index (κ1) is 17.0. The van der Waals surface area contributed by atoms with Gasteiger partial charge >= 0.3 is 0 Å². The number of hydrogen-bond donors (Lipinski definition) is 3. The van der Waals surface area contributed by atoms with Gasteiger partial charge < -0.3 is 10.8 Å². The largest absolute Gasteiger partial charge is 0.507 e. The van der Waals surface area contributed by atoms with E-state index in [2.05, 4.69) is 15.2 Å². The van der Waals surface area contributed by atoms with E-state index in [0.717, 1.165) is 0 Å². The summed E-state index contributed by atoms with van der Waals surface area (Å²) >= 11 is 0. The highest BCUT2D eigenvalue weighted by molar-refractivity contribution is 6.12. The van der Waals surface area contributed by atoms with Gasteiger partial charge in [0.1, 0.15) is 12.4 Å². The summed E-state index contributed by atoms with van der Waals surface area (Å²) in [5.74, 6) is -1.28. The molecule has 2 aromatic rings. The number of halogens is 1. The molecule has 0 aliphatic rings. The second-order valence-electron chi connectivity index (χ2n) is 4.74. The number of amides is 1. The van der Waals surface area contributed by atoms with Crippen LogP contribution in [0.4, 0.5) is 10.1 Å². The molecule has 0 saturated carbocycles. The topological polar surface area (TPSA) is 92.1 Å². The third-order valence-corrected chi connectivity index (χ3v) is 3.18. The lowest BCUT2D eigenvalue weighted by atomic mass is 9.96. The lowest BCUT2D eigenvalue weighted by Crippen LogP contribution is -2.37. The van der Waals surface area contributed by atoms with E-state index in [1.54, 1.807) is 30.3 Å². The van der Waals surface area contributed by atoms with Gasteiger partial charge in [-0.05, 0) is 11.6 Å². The number of hydrogen-bond acceptors (Lipinski definition) is 3. The molecule has 0 aliphatic heterocycles. The monoisotopic (exact) mass is 326 g/mol. The van der Waals surface area contributed by atoms with Gasteiger partial charge in [-0.15, -0.1) is 0 Å². The normalized spacial score (nSPS) is 10.9. The Labute approximate surface area is 138 Å². The van der Waals surface area contributed by atoms with E-state index < -0.39 is 12.6 Å². The number of aliphatic imine (C=N–C) groups is 1. The Kier molecular flexibility index (Phi) is 5.47. The Hall–Kier alpha value is -3.40. The number of aromatic hydroxyl groups is 1. The maximum absolute atomic E-state index is 12.5. The summed E-state index contributed by atoms with van der Waals surface area (Å²) in [5, 5.41) is 12.4. The quantitative estimate of drug-likeness (QED) is 0.458. The van der Waals surface area contributed by atoms with Crippen molar-refractivity contribution in [3.63, 3.8) is 0 Å².